The summed E-state index contributed by atoms with van der Waals surface area (Å²) in [4.78, 5) is 19.9. The fraction of sp³-hybridized carbons (Fsp3) is 0.591. The maximum Gasteiger partial charge on any atom is 0.270 e. The van der Waals surface area contributed by atoms with Gasteiger partial charge in [-0.2, -0.15) is 0 Å². The lowest BCUT2D eigenvalue weighted by molar-refractivity contribution is -0.0495. The first-order chi connectivity index (χ1) is 13.5. The van der Waals surface area contributed by atoms with Gasteiger partial charge in [-0.05, 0) is 63.0 Å². The third-order valence-corrected chi connectivity index (χ3v) is 6.09. The molecule has 6 heteroatoms. The Labute approximate surface area is 164 Å². The van der Waals surface area contributed by atoms with Gasteiger partial charge in [0, 0.05) is 36.8 Å². The van der Waals surface area contributed by atoms with E-state index >= 15 is 0 Å². The van der Waals surface area contributed by atoms with Gasteiger partial charge in [0.05, 0.1) is 0 Å². The molecule has 4 nitrogen and oxygen atoms in total. The number of fused-ring (bicyclic) bond motifs is 1. The molecule has 4 rings (SSSR count). The second-order valence-corrected chi connectivity index (χ2v) is 8.26. The highest BCUT2D eigenvalue weighted by Gasteiger charge is 2.36. The Hall–Kier alpha value is -1.95. The van der Waals surface area contributed by atoms with E-state index in [9.17, 15) is 13.6 Å². The Bertz CT molecular complexity index is 816. The number of alkyl halides is 2. The zero-order valence-electron chi connectivity index (χ0n) is 16.4. The average molecular weight is 389 g/mol. The predicted octanol–water partition coefficient (Wildman–Crippen LogP) is 4.46. The number of likely N-dealkylation sites (tertiary alicyclic amines) is 2. The second kappa shape index (κ2) is 8.19. The molecular formula is C22H29F2N3O. The van der Waals surface area contributed by atoms with Crippen molar-refractivity contribution in [3.8, 4) is 0 Å². The number of carbonyl (C=O) groups is 1. The van der Waals surface area contributed by atoms with Crippen LogP contribution in [0.4, 0.5) is 8.78 Å². The standard InChI is InChI=1S/C22H29F2N3O/c23-22(24)8-13-27(14-9-22)21(28)20-16-18-7-6-17(15-19(18)25-20)5-4-12-26-10-2-1-3-11-26/h6-7,15-16,25H,1-5,8-14H2. The normalized spacial score (nSPS) is 20.6. The Morgan fingerprint density at radius 1 is 1.04 bits per heavy atom. The minimum atomic E-state index is -2.64. The third-order valence-electron chi connectivity index (χ3n) is 6.09. The molecule has 2 fully saturated rings. The van der Waals surface area contributed by atoms with Crippen LogP contribution in [0.2, 0.25) is 0 Å². The quantitative estimate of drug-likeness (QED) is 0.820. The van der Waals surface area contributed by atoms with E-state index in [1.165, 1.54) is 42.8 Å². The molecule has 2 aromatic rings. The van der Waals surface area contributed by atoms with Crippen LogP contribution in [0.25, 0.3) is 10.9 Å². The van der Waals surface area contributed by atoms with Crippen LogP contribution in [0.15, 0.2) is 24.3 Å². The van der Waals surface area contributed by atoms with Gasteiger partial charge in [0.25, 0.3) is 11.8 Å². The summed E-state index contributed by atoms with van der Waals surface area (Å²) in [7, 11) is 0. The van der Waals surface area contributed by atoms with Gasteiger partial charge in [0.15, 0.2) is 0 Å². The van der Waals surface area contributed by atoms with Crippen molar-refractivity contribution in [1.29, 1.82) is 0 Å². The molecule has 0 aliphatic carbocycles. The highest BCUT2D eigenvalue weighted by atomic mass is 19.3. The minimum Gasteiger partial charge on any atom is -0.351 e. The number of rotatable bonds is 5. The second-order valence-electron chi connectivity index (χ2n) is 8.26. The monoisotopic (exact) mass is 389 g/mol. The van der Waals surface area contributed by atoms with Crippen LogP contribution in [0.5, 0.6) is 0 Å². The Morgan fingerprint density at radius 3 is 2.54 bits per heavy atom. The Morgan fingerprint density at radius 2 is 1.79 bits per heavy atom. The number of carbonyl (C=O) groups excluding carboxylic acids is 1. The average Bonchev–Trinajstić information content (AvgIpc) is 3.12. The zero-order chi connectivity index (χ0) is 19.6. The summed E-state index contributed by atoms with van der Waals surface area (Å²) in [6, 6.07) is 8.12. The lowest BCUT2D eigenvalue weighted by atomic mass is 10.1. The number of halogens is 2. The molecule has 3 heterocycles. The number of nitrogens with zero attached hydrogens (tertiary/aromatic N) is 2. The number of aryl methyl sites for hydroxylation is 1. The maximum absolute atomic E-state index is 13.3. The summed E-state index contributed by atoms with van der Waals surface area (Å²) in [6.45, 7) is 3.82. The number of nitrogens with one attached hydrogen (secondary N) is 1. The number of benzene rings is 1. The number of piperidine rings is 2. The number of aromatic nitrogens is 1. The topological polar surface area (TPSA) is 39.3 Å². The van der Waals surface area contributed by atoms with Crippen molar-refractivity contribution in [1.82, 2.24) is 14.8 Å². The van der Waals surface area contributed by atoms with Crippen molar-refractivity contribution in [3.05, 3.63) is 35.5 Å². The van der Waals surface area contributed by atoms with Crippen molar-refractivity contribution < 1.29 is 13.6 Å². The first-order valence-electron chi connectivity index (χ1n) is 10.5. The minimum absolute atomic E-state index is 0.114. The maximum atomic E-state index is 13.3. The molecule has 0 bridgehead atoms. The van der Waals surface area contributed by atoms with Crippen LogP contribution >= 0.6 is 0 Å². The van der Waals surface area contributed by atoms with Gasteiger partial charge in [0.1, 0.15) is 5.69 Å². The van der Waals surface area contributed by atoms with Gasteiger partial charge in [-0.3, -0.25) is 4.79 Å². The van der Waals surface area contributed by atoms with Crippen molar-refractivity contribution in [2.45, 2.75) is 50.9 Å². The van der Waals surface area contributed by atoms with Crippen LogP contribution in [0.3, 0.4) is 0 Å². The third kappa shape index (κ3) is 4.54. The molecule has 1 amide bonds. The van der Waals surface area contributed by atoms with E-state index < -0.39 is 5.92 Å². The van der Waals surface area contributed by atoms with Crippen molar-refractivity contribution in [2.75, 3.05) is 32.7 Å². The largest absolute Gasteiger partial charge is 0.351 e. The molecule has 28 heavy (non-hydrogen) atoms. The van der Waals surface area contributed by atoms with Crippen LogP contribution in [0, 0.1) is 0 Å². The summed E-state index contributed by atoms with van der Waals surface area (Å²) in [6.07, 6.45) is 5.66. The van der Waals surface area contributed by atoms with E-state index in [1.54, 1.807) is 0 Å². The predicted molar refractivity (Wildman–Crippen MR) is 107 cm³/mol. The van der Waals surface area contributed by atoms with Crippen LogP contribution in [-0.2, 0) is 6.42 Å². The number of H-pyrrole nitrogens is 1. The molecular weight excluding hydrogens is 360 g/mol. The first-order valence-corrected chi connectivity index (χ1v) is 10.5. The molecule has 0 radical (unpaired) electrons. The van der Waals surface area contributed by atoms with E-state index in [4.69, 9.17) is 0 Å². The zero-order valence-corrected chi connectivity index (χ0v) is 16.4. The van der Waals surface area contributed by atoms with Gasteiger partial charge >= 0.3 is 0 Å². The summed E-state index contributed by atoms with van der Waals surface area (Å²) < 4.78 is 26.7. The van der Waals surface area contributed by atoms with Crippen molar-refractivity contribution in [3.63, 3.8) is 0 Å². The highest BCUT2D eigenvalue weighted by Crippen LogP contribution is 2.29. The van der Waals surface area contributed by atoms with Crippen molar-refractivity contribution >= 4 is 16.8 Å². The number of hydrogen-bond donors (Lipinski definition) is 1. The summed E-state index contributed by atoms with van der Waals surface area (Å²) >= 11 is 0. The van der Waals surface area contributed by atoms with E-state index in [2.05, 4.69) is 22.0 Å². The lowest BCUT2D eigenvalue weighted by Crippen LogP contribution is -2.42. The number of amides is 1. The lowest BCUT2D eigenvalue weighted by Gasteiger charge is -2.31. The Balaban J connectivity index is 1.37. The van der Waals surface area contributed by atoms with Gasteiger partial charge in [-0.15, -0.1) is 0 Å². The molecule has 2 aliphatic heterocycles. The molecule has 1 aromatic heterocycles. The van der Waals surface area contributed by atoms with Crippen LogP contribution in [0.1, 0.15) is 54.6 Å². The molecule has 0 saturated carbocycles. The number of hydrogen-bond acceptors (Lipinski definition) is 2. The van der Waals surface area contributed by atoms with E-state index in [-0.39, 0.29) is 31.8 Å². The molecule has 2 aliphatic rings. The van der Waals surface area contributed by atoms with Crippen LogP contribution < -0.4 is 0 Å². The summed E-state index contributed by atoms with van der Waals surface area (Å²) in [5.41, 5.74) is 2.70. The smallest absolute Gasteiger partial charge is 0.270 e. The van der Waals surface area contributed by atoms with E-state index in [1.807, 2.05) is 12.1 Å². The van der Waals surface area contributed by atoms with Crippen molar-refractivity contribution in [2.24, 2.45) is 0 Å². The van der Waals surface area contributed by atoms with E-state index in [0.29, 0.717) is 5.69 Å². The van der Waals surface area contributed by atoms with Gasteiger partial charge in [0.2, 0.25) is 0 Å². The molecule has 1 aromatic carbocycles. The summed E-state index contributed by atoms with van der Waals surface area (Å²) in [5.74, 6) is -2.82. The fourth-order valence-corrected chi connectivity index (χ4v) is 4.34. The Kier molecular flexibility index (Phi) is 5.67. The SMILES string of the molecule is O=C(c1cc2ccc(CCCN3CCCCC3)cc2[nH]1)N1CCC(F)(F)CC1. The highest BCUT2D eigenvalue weighted by molar-refractivity contribution is 5.98. The van der Waals surface area contributed by atoms with Gasteiger partial charge < -0.3 is 14.8 Å². The number of aromatic amines is 1. The molecule has 0 unspecified atom stereocenters. The molecule has 0 spiro atoms. The van der Waals surface area contributed by atoms with Gasteiger partial charge in [-0.25, -0.2) is 8.78 Å². The molecule has 0 atom stereocenters. The fourth-order valence-electron chi connectivity index (χ4n) is 4.34. The van der Waals surface area contributed by atoms with E-state index in [0.717, 1.165) is 30.3 Å². The van der Waals surface area contributed by atoms with Gasteiger partial charge in [-0.1, -0.05) is 18.6 Å². The molecule has 2 saturated heterocycles. The molecule has 152 valence electrons. The summed E-state index contributed by atoms with van der Waals surface area (Å²) in [5, 5.41) is 0.991. The molecule has 1 N–H and O–H groups in total. The van der Waals surface area contributed by atoms with Crippen LogP contribution in [-0.4, -0.2) is 59.3 Å². The first kappa shape index (κ1) is 19.4.